The molecule has 2 aliphatic rings. The van der Waals surface area contributed by atoms with Gasteiger partial charge in [0.2, 0.25) is 21.6 Å². The first kappa shape index (κ1) is 25.4. The molecule has 1 aliphatic heterocycles. The molecular weight excluding hydrogens is 536 g/mol. The molecule has 4 aromatic rings. The molecule has 6 rings (SSSR count). The molecule has 2 aromatic heterocycles. The van der Waals surface area contributed by atoms with Gasteiger partial charge in [-0.3, -0.25) is 9.59 Å². The number of nitrogens with zero attached hydrogens (tertiary/aromatic N) is 3. The molecule has 2 aromatic carbocycles. The second-order valence-electron chi connectivity index (χ2n) is 9.88. The number of aromatic nitrogens is 2. The van der Waals surface area contributed by atoms with Crippen LogP contribution in [0.25, 0.3) is 10.3 Å². The number of pyridine rings is 1. The van der Waals surface area contributed by atoms with E-state index in [0.29, 0.717) is 57.6 Å². The van der Waals surface area contributed by atoms with E-state index in [9.17, 15) is 18.0 Å². The zero-order valence-electron chi connectivity index (χ0n) is 21.4. The lowest BCUT2D eigenvalue weighted by Gasteiger charge is -2.31. The number of methoxy groups -OCH3 is 1. The third-order valence-electron chi connectivity index (χ3n) is 7.45. The number of rotatable bonds is 6. The van der Waals surface area contributed by atoms with Crippen molar-refractivity contribution in [3.05, 3.63) is 60.2 Å². The third-order valence-corrected chi connectivity index (χ3v) is 10.2. The number of nitrogens with one attached hydrogen (secondary N) is 1. The van der Waals surface area contributed by atoms with Crippen LogP contribution in [0, 0.1) is 5.92 Å². The van der Waals surface area contributed by atoms with Gasteiger partial charge in [-0.05, 0) is 54.7 Å². The van der Waals surface area contributed by atoms with E-state index in [1.807, 2.05) is 11.9 Å². The fourth-order valence-corrected chi connectivity index (χ4v) is 7.96. The van der Waals surface area contributed by atoms with Gasteiger partial charge in [-0.25, -0.2) is 18.4 Å². The summed E-state index contributed by atoms with van der Waals surface area (Å²) < 4.78 is 31.9. The van der Waals surface area contributed by atoms with E-state index >= 15 is 0 Å². The van der Waals surface area contributed by atoms with Crippen LogP contribution in [0.1, 0.15) is 37.2 Å². The van der Waals surface area contributed by atoms with Crippen LogP contribution in [-0.2, 0) is 19.4 Å². The van der Waals surface area contributed by atoms with Gasteiger partial charge in [0.15, 0.2) is 5.13 Å². The molecule has 39 heavy (non-hydrogen) atoms. The highest BCUT2D eigenvalue weighted by molar-refractivity contribution is 7.92. The number of hydrogen-bond acceptors (Lipinski definition) is 9. The number of anilines is 3. The van der Waals surface area contributed by atoms with E-state index in [4.69, 9.17) is 4.74 Å². The van der Waals surface area contributed by atoms with Crippen molar-refractivity contribution in [2.75, 3.05) is 24.4 Å². The molecule has 0 spiro atoms. The molecular formula is C28H26N4O5S2. The lowest BCUT2D eigenvalue weighted by atomic mass is 9.87. The number of fused-ring (bicyclic) bond motifs is 3. The Hall–Kier alpha value is -3.83. The number of amides is 1. The summed E-state index contributed by atoms with van der Waals surface area (Å²) in [5.41, 5.74) is 2.44. The molecule has 200 valence electrons. The zero-order chi connectivity index (χ0) is 27.3. The maximum absolute atomic E-state index is 13.8. The number of benzene rings is 2. The van der Waals surface area contributed by atoms with Gasteiger partial charge in [0.05, 0.1) is 34.2 Å². The Morgan fingerprint density at radius 2 is 1.92 bits per heavy atom. The molecule has 3 heterocycles. The number of hydrogen-bond donors (Lipinski definition) is 1. The number of sulfone groups is 1. The third kappa shape index (κ3) is 4.55. The Morgan fingerprint density at radius 1 is 1.13 bits per heavy atom. The van der Waals surface area contributed by atoms with E-state index in [2.05, 4.69) is 15.3 Å². The van der Waals surface area contributed by atoms with Crippen molar-refractivity contribution < 1.29 is 22.7 Å². The number of ketones is 1. The maximum atomic E-state index is 13.8. The fourth-order valence-electron chi connectivity index (χ4n) is 5.43. The number of carbonyl (C=O) groups is 2. The maximum Gasteiger partial charge on any atom is 0.233 e. The summed E-state index contributed by atoms with van der Waals surface area (Å²) in [5.74, 6) is -0.121. The second kappa shape index (κ2) is 9.73. The highest BCUT2D eigenvalue weighted by atomic mass is 32.2. The summed E-state index contributed by atoms with van der Waals surface area (Å²) >= 11 is 1.25. The Bertz CT molecular complexity index is 1730. The minimum Gasteiger partial charge on any atom is -0.481 e. The van der Waals surface area contributed by atoms with E-state index in [1.165, 1.54) is 18.4 Å². The van der Waals surface area contributed by atoms with Gasteiger partial charge in [0, 0.05) is 26.0 Å². The van der Waals surface area contributed by atoms with Crippen LogP contribution in [0.5, 0.6) is 5.88 Å². The fraction of sp³-hybridized carbons (Fsp3) is 0.286. The number of carbonyl (C=O) groups excluding carboxylic acids is 2. The van der Waals surface area contributed by atoms with Crippen LogP contribution >= 0.6 is 11.3 Å². The highest BCUT2D eigenvalue weighted by Crippen LogP contribution is 2.45. The Morgan fingerprint density at radius 3 is 2.69 bits per heavy atom. The number of ether oxygens (including phenoxy) is 1. The first-order valence-corrected chi connectivity index (χ1v) is 14.9. The molecule has 1 N–H and O–H groups in total. The minimum atomic E-state index is -3.71. The van der Waals surface area contributed by atoms with Gasteiger partial charge in [-0.2, -0.15) is 0 Å². The van der Waals surface area contributed by atoms with Gasteiger partial charge in [0.25, 0.3) is 0 Å². The summed E-state index contributed by atoms with van der Waals surface area (Å²) in [4.78, 5) is 37.6. The molecule has 1 amide bonds. The molecule has 0 bridgehead atoms. The lowest BCUT2D eigenvalue weighted by Crippen LogP contribution is -2.25. The smallest absolute Gasteiger partial charge is 0.233 e. The summed E-state index contributed by atoms with van der Waals surface area (Å²) in [6.07, 6.45) is 2.17. The van der Waals surface area contributed by atoms with Crippen molar-refractivity contribution >= 4 is 59.7 Å². The molecule has 1 fully saturated rings. The predicted molar refractivity (Wildman–Crippen MR) is 149 cm³/mol. The van der Waals surface area contributed by atoms with E-state index in [1.54, 1.807) is 54.6 Å². The molecule has 11 heteroatoms. The zero-order valence-corrected chi connectivity index (χ0v) is 23.0. The highest BCUT2D eigenvalue weighted by Gasteiger charge is 2.35. The molecule has 1 aliphatic carbocycles. The van der Waals surface area contributed by atoms with Gasteiger partial charge in [0.1, 0.15) is 16.1 Å². The Balaban J connectivity index is 1.36. The number of thiazole rings is 1. The largest absolute Gasteiger partial charge is 0.481 e. The van der Waals surface area contributed by atoms with E-state index < -0.39 is 15.8 Å². The molecule has 1 saturated carbocycles. The first-order chi connectivity index (χ1) is 18.7. The van der Waals surface area contributed by atoms with Crippen LogP contribution in [0.2, 0.25) is 0 Å². The molecule has 0 saturated heterocycles. The van der Waals surface area contributed by atoms with E-state index in [-0.39, 0.29) is 27.4 Å². The summed E-state index contributed by atoms with van der Waals surface area (Å²) in [5, 5.41) is 3.36. The SMILES string of the molecule is COc1ccc2nc(NC(=O)C(C[C@H]3CCC(=O)C3)c3ccc4c(c3)N(C)c3ccccc3S4(=O)=O)sc2n1. The second-order valence-corrected chi connectivity index (χ2v) is 12.7. The van der Waals surface area contributed by atoms with Crippen LogP contribution < -0.4 is 15.0 Å². The van der Waals surface area contributed by atoms with Crippen molar-refractivity contribution in [1.82, 2.24) is 9.97 Å². The lowest BCUT2D eigenvalue weighted by molar-refractivity contribution is -0.119. The number of Topliss-reactive ketones (excluding diaryl/α,β-unsaturated/α-hetero) is 1. The van der Waals surface area contributed by atoms with Crippen LogP contribution in [0.15, 0.2) is 64.4 Å². The van der Waals surface area contributed by atoms with Crippen LogP contribution in [-0.4, -0.2) is 44.2 Å². The van der Waals surface area contributed by atoms with Gasteiger partial charge >= 0.3 is 0 Å². The summed E-state index contributed by atoms with van der Waals surface area (Å²) in [6, 6.07) is 15.5. The van der Waals surface area contributed by atoms with Gasteiger partial charge < -0.3 is 15.0 Å². The topological polar surface area (TPSA) is 119 Å². The standard InChI is InChI=1S/C28H26N4O5S2/c1-32-21-5-3-4-6-23(21)39(35,36)24-11-8-17(15-22(24)32)19(14-16-7-9-18(33)13-16)26(34)31-28-29-20-10-12-25(37-2)30-27(20)38-28/h3-6,8,10-12,15-16,19H,7,9,13-14H2,1-2H3,(H,29,31,34)/t16-,19?/m0/s1. The normalized spacial score (nSPS) is 18.5. The Labute approximate surface area is 229 Å². The quantitative estimate of drug-likeness (QED) is 0.345. The molecule has 9 nitrogen and oxygen atoms in total. The van der Waals surface area contributed by atoms with Crippen molar-refractivity contribution in [2.24, 2.45) is 5.92 Å². The van der Waals surface area contributed by atoms with Gasteiger partial charge in [-0.15, -0.1) is 0 Å². The van der Waals surface area contributed by atoms with E-state index in [0.717, 1.165) is 6.42 Å². The molecule has 2 atom stereocenters. The molecule has 1 unspecified atom stereocenters. The van der Waals surface area contributed by atoms with Crippen molar-refractivity contribution in [3.8, 4) is 5.88 Å². The van der Waals surface area contributed by atoms with Crippen LogP contribution in [0.4, 0.5) is 16.5 Å². The summed E-state index contributed by atoms with van der Waals surface area (Å²) in [6.45, 7) is 0. The average molecular weight is 563 g/mol. The molecule has 0 radical (unpaired) electrons. The minimum absolute atomic E-state index is 0.0766. The Kier molecular flexibility index (Phi) is 6.35. The monoisotopic (exact) mass is 562 g/mol. The van der Waals surface area contributed by atoms with Crippen molar-refractivity contribution in [1.29, 1.82) is 0 Å². The van der Waals surface area contributed by atoms with Crippen molar-refractivity contribution in [2.45, 2.75) is 41.4 Å². The van der Waals surface area contributed by atoms with Gasteiger partial charge in [-0.1, -0.05) is 29.5 Å². The summed E-state index contributed by atoms with van der Waals surface area (Å²) in [7, 11) is -0.348. The predicted octanol–water partition coefficient (Wildman–Crippen LogP) is 5.10. The van der Waals surface area contributed by atoms with Crippen LogP contribution in [0.3, 0.4) is 0 Å². The first-order valence-electron chi connectivity index (χ1n) is 12.6. The van der Waals surface area contributed by atoms with Crippen molar-refractivity contribution in [3.63, 3.8) is 0 Å². The number of para-hydroxylation sites is 1. The average Bonchev–Trinajstić information content (AvgIpc) is 3.54.